The lowest BCUT2D eigenvalue weighted by Crippen LogP contribution is -2.11. The highest BCUT2D eigenvalue weighted by Crippen LogP contribution is 2.31. The number of pyridine rings is 2. The number of aryl methyl sites for hydroxylation is 1. The molecule has 3 heterocycles. The number of ether oxygens (including phenoxy) is 1. The van der Waals surface area contributed by atoms with Crippen LogP contribution in [-0.4, -0.2) is 31.7 Å². The van der Waals surface area contributed by atoms with Crippen LogP contribution in [0.15, 0.2) is 65.6 Å². The highest BCUT2D eigenvalue weighted by Gasteiger charge is 2.19. The number of phenolic OH excluding ortho intramolecular Hbond substituents is 2. The second-order valence-corrected chi connectivity index (χ2v) is 7.87. The van der Waals surface area contributed by atoms with E-state index in [4.69, 9.17) is 9.72 Å². The zero-order valence-corrected chi connectivity index (χ0v) is 18.1. The number of anilines is 1. The summed E-state index contributed by atoms with van der Waals surface area (Å²) in [4.78, 5) is 20.8. The number of aromatic amines is 1. The first-order chi connectivity index (χ1) is 15.9. The Hall–Kier alpha value is -4.46. The van der Waals surface area contributed by atoms with E-state index in [0.717, 1.165) is 16.6 Å². The number of benzene rings is 2. The predicted molar refractivity (Wildman–Crippen MR) is 127 cm³/mol. The van der Waals surface area contributed by atoms with Crippen LogP contribution in [0.3, 0.4) is 0 Å². The van der Waals surface area contributed by atoms with E-state index in [1.54, 1.807) is 25.3 Å². The minimum Gasteiger partial charge on any atom is -0.508 e. The lowest BCUT2D eigenvalue weighted by Gasteiger charge is -2.10. The molecular formula is C25H22N4O4. The van der Waals surface area contributed by atoms with Crippen LogP contribution < -0.4 is 15.6 Å². The molecule has 0 bridgehead atoms. The van der Waals surface area contributed by atoms with Crippen molar-refractivity contribution in [2.24, 2.45) is 0 Å². The van der Waals surface area contributed by atoms with Crippen LogP contribution in [0.25, 0.3) is 27.8 Å². The molecule has 0 aliphatic carbocycles. The van der Waals surface area contributed by atoms with Gasteiger partial charge in [-0.25, -0.2) is 4.98 Å². The molecule has 0 atom stereocenters. The molecule has 0 saturated carbocycles. The standard InChI is InChI=1S/C25H22N4O4/c1-14-4-3-7-29-23(14)28-22(24(29)26-13-15-8-17(30)11-18(31)9-15)20-10-16-5-6-19(33-2)12-21(16)27-25(20)32/h3-12,26,30-31H,13H2,1-2H3,(H,27,32). The van der Waals surface area contributed by atoms with E-state index in [1.807, 2.05) is 47.9 Å². The summed E-state index contributed by atoms with van der Waals surface area (Å²) >= 11 is 0. The Morgan fingerprint density at radius 3 is 2.64 bits per heavy atom. The van der Waals surface area contributed by atoms with E-state index in [9.17, 15) is 15.0 Å². The van der Waals surface area contributed by atoms with E-state index in [0.29, 0.717) is 40.4 Å². The van der Waals surface area contributed by atoms with Gasteiger partial charge < -0.3 is 25.3 Å². The lowest BCUT2D eigenvalue weighted by molar-refractivity contribution is 0.415. The van der Waals surface area contributed by atoms with Crippen molar-refractivity contribution in [2.75, 3.05) is 12.4 Å². The van der Waals surface area contributed by atoms with Crippen LogP contribution in [0.1, 0.15) is 11.1 Å². The van der Waals surface area contributed by atoms with Gasteiger partial charge in [-0.3, -0.25) is 9.20 Å². The smallest absolute Gasteiger partial charge is 0.258 e. The van der Waals surface area contributed by atoms with Crippen LogP contribution in [-0.2, 0) is 6.54 Å². The molecule has 8 heteroatoms. The fraction of sp³-hybridized carbons (Fsp3) is 0.120. The minimum absolute atomic E-state index is 0.0255. The molecule has 0 aliphatic heterocycles. The van der Waals surface area contributed by atoms with Gasteiger partial charge in [0.25, 0.3) is 5.56 Å². The third kappa shape index (κ3) is 3.71. The molecule has 33 heavy (non-hydrogen) atoms. The highest BCUT2D eigenvalue weighted by molar-refractivity contribution is 5.87. The average Bonchev–Trinajstić information content (AvgIpc) is 3.16. The van der Waals surface area contributed by atoms with E-state index >= 15 is 0 Å². The molecule has 0 spiro atoms. The van der Waals surface area contributed by atoms with Crippen LogP contribution in [0, 0.1) is 6.92 Å². The Balaban J connectivity index is 1.65. The van der Waals surface area contributed by atoms with Crippen LogP contribution in [0.2, 0.25) is 0 Å². The largest absolute Gasteiger partial charge is 0.508 e. The summed E-state index contributed by atoms with van der Waals surface area (Å²) in [7, 11) is 1.58. The first-order valence-electron chi connectivity index (χ1n) is 10.4. The Morgan fingerprint density at radius 2 is 1.88 bits per heavy atom. The molecule has 0 radical (unpaired) electrons. The second-order valence-electron chi connectivity index (χ2n) is 7.87. The fourth-order valence-corrected chi connectivity index (χ4v) is 3.99. The van der Waals surface area contributed by atoms with Crippen molar-refractivity contribution >= 4 is 22.4 Å². The predicted octanol–water partition coefficient (Wildman–Crippen LogP) is 4.18. The number of nitrogens with one attached hydrogen (secondary N) is 2. The van der Waals surface area contributed by atoms with Gasteiger partial charge in [-0.15, -0.1) is 0 Å². The molecule has 8 nitrogen and oxygen atoms in total. The molecular weight excluding hydrogens is 420 g/mol. The van der Waals surface area contributed by atoms with Gasteiger partial charge in [-0.05, 0) is 59.8 Å². The SMILES string of the molecule is COc1ccc2cc(-c3nc4c(C)cccn4c3NCc3cc(O)cc(O)c3)c(=O)[nH]c2c1. The lowest BCUT2D eigenvalue weighted by atomic mass is 10.1. The third-order valence-corrected chi connectivity index (χ3v) is 5.58. The first-order valence-corrected chi connectivity index (χ1v) is 10.4. The number of fused-ring (bicyclic) bond motifs is 2. The zero-order valence-electron chi connectivity index (χ0n) is 18.1. The monoisotopic (exact) mass is 442 g/mol. The zero-order chi connectivity index (χ0) is 23.1. The van der Waals surface area contributed by atoms with Crippen LogP contribution >= 0.6 is 0 Å². The third-order valence-electron chi connectivity index (χ3n) is 5.58. The molecule has 0 aliphatic rings. The Bertz CT molecular complexity index is 1550. The van der Waals surface area contributed by atoms with Gasteiger partial charge in [0, 0.05) is 24.9 Å². The summed E-state index contributed by atoms with van der Waals surface area (Å²) in [5.41, 5.74) is 3.71. The normalized spacial score (nSPS) is 11.2. The molecule has 3 aromatic heterocycles. The van der Waals surface area contributed by atoms with E-state index in [-0.39, 0.29) is 17.1 Å². The second kappa shape index (κ2) is 7.90. The minimum atomic E-state index is -0.269. The fourth-order valence-electron chi connectivity index (χ4n) is 3.99. The number of methoxy groups -OCH3 is 1. The van der Waals surface area contributed by atoms with E-state index < -0.39 is 0 Å². The molecule has 0 amide bonds. The molecule has 4 N–H and O–H groups in total. The Labute approximate surface area is 188 Å². The van der Waals surface area contributed by atoms with Crippen molar-refractivity contribution in [3.05, 3.63) is 82.3 Å². The van der Waals surface area contributed by atoms with Crippen molar-refractivity contribution in [3.8, 4) is 28.5 Å². The Kier molecular flexibility index (Phi) is 4.90. The topological polar surface area (TPSA) is 112 Å². The maximum absolute atomic E-state index is 13.1. The number of imidazole rings is 1. The average molecular weight is 442 g/mol. The maximum Gasteiger partial charge on any atom is 0.258 e. The van der Waals surface area contributed by atoms with Gasteiger partial charge in [-0.2, -0.15) is 0 Å². The molecule has 166 valence electrons. The highest BCUT2D eigenvalue weighted by atomic mass is 16.5. The van der Waals surface area contributed by atoms with E-state index in [2.05, 4.69) is 10.3 Å². The van der Waals surface area contributed by atoms with Crippen molar-refractivity contribution in [1.82, 2.24) is 14.4 Å². The van der Waals surface area contributed by atoms with Crippen LogP contribution in [0.4, 0.5) is 5.82 Å². The summed E-state index contributed by atoms with van der Waals surface area (Å²) < 4.78 is 7.15. The quantitative estimate of drug-likeness (QED) is 0.325. The number of hydrogen-bond donors (Lipinski definition) is 4. The summed E-state index contributed by atoms with van der Waals surface area (Å²) in [5, 5.41) is 23.8. The number of aromatic nitrogens is 3. The van der Waals surface area contributed by atoms with E-state index in [1.165, 1.54) is 6.07 Å². The summed E-state index contributed by atoms with van der Waals surface area (Å²) in [6.45, 7) is 2.26. The molecule has 2 aromatic carbocycles. The van der Waals surface area contributed by atoms with Crippen LogP contribution in [0.5, 0.6) is 17.2 Å². The molecule has 0 saturated heterocycles. The van der Waals surface area contributed by atoms with Crippen molar-refractivity contribution < 1.29 is 14.9 Å². The summed E-state index contributed by atoms with van der Waals surface area (Å²) in [6, 6.07) is 15.6. The number of H-pyrrole nitrogens is 1. The number of phenols is 2. The van der Waals surface area contributed by atoms with Gasteiger partial charge in [0.05, 0.1) is 18.2 Å². The number of rotatable bonds is 5. The number of aromatic hydroxyl groups is 2. The number of hydrogen-bond acceptors (Lipinski definition) is 6. The molecule has 0 unspecified atom stereocenters. The number of nitrogens with zero attached hydrogens (tertiary/aromatic N) is 2. The van der Waals surface area contributed by atoms with Gasteiger partial charge in [0.15, 0.2) is 0 Å². The summed E-state index contributed by atoms with van der Waals surface area (Å²) in [6.07, 6.45) is 1.88. The van der Waals surface area contributed by atoms with Gasteiger partial charge in [-0.1, -0.05) is 6.07 Å². The Morgan fingerprint density at radius 1 is 1.09 bits per heavy atom. The van der Waals surface area contributed by atoms with Crippen molar-refractivity contribution in [2.45, 2.75) is 13.5 Å². The van der Waals surface area contributed by atoms with Gasteiger partial charge >= 0.3 is 0 Å². The van der Waals surface area contributed by atoms with Gasteiger partial charge in [0.1, 0.15) is 34.4 Å². The van der Waals surface area contributed by atoms with Gasteiger partial charge in [0.2, 0.25) is 0 Å². The molecule has 0 fully saturated rings. The van der Waals surface area contributed by atoms with Crippen molar-refractivity contribution in [1.29, 1.82) is 0 Å². The molecule has 5 aromatic rings. The summed E-state index contributed by atoms with van der Waals surface area (Å²) in [5.74, 6) is 1.24. The maximum atomic E-state index is 13.1. The first kappa shape index (κ1) is 20.4. The van der Waals surface area contributed by atoms with Crippen molar-refractivity contribution in [3.63, 3.8) is 0 Å². The molecule has 5 rings (SSSR count).